The molecule has 206 valence electrons. The molecule has 1 unspecified atom stereocenters. The number of pyridine rings is 1. The van der Waals surface area contributed by atoms with Gasteiger partial charge in [-0.3, -0.25) is 14.6 Å². The number of aryl methyl sites for hydroxylation is 1. The van der Waals surface area contributed by atoms with Crippen molar-refractivity contribution in [3.05, 3.63) is 125 Å². The Morgan fingerprint density at radius 2 is 1.65 bits per heavy atom. The zero-order valence-corrected chi connectivity index (χ0v) is 23.4. The number of rotatable bonds is 11. The topological polar surface area (TPSA) is 74.7 Å². The Bertz CT molecular complexity index is 1430. The minimum atomic E-state index is -0.558. The molecule has 0 radical (unpaired) electrons. The molecule has 1 atom stereocenters. The highest BCUT2D eigenvalue weighted by molar-refractivity contribution is 6.10. The quantitative estimate of drug-likeness (QED) is 0.146. The zero-order chi connectivity index (χ0) is 28.5. The third-order valence-electron chi connectivity index (χ3n) is 6.20. The number of ketones is 1. The normalized spacial score (nSPS) is 11.9. The minimum absolute atomic E-state index is 0.145. The Morgan fingerprint density at radius 1 is 0.900 bits per heavy atom. The molecule has 0 fully saturated rings. The summed E-state index contributed by atoms with van der Waals surface area (Å²) in [5.41, 5.74) is 3.36. The van der Waals surface area contributed by atoms with Crippen LogP contribution in [0.1, 0.15) is 72.3 Å². The van der Waals surface area contributed by atoms with Crippen LogP contribution < -0.4 is 9.47 Å². The average Bonchev–Trinajstić information content (AvgIpc) is 2.94. The number of aromatic nitrogens is 1. The van der Waals surface area contributed by atoms with Crippen LogP contribution in [0.15, 0.2) is 97.3 Å². The van der Waals surface area contributed by atoms with Gasteiger partial charge in [-0.25, -0.2) is 0 Å². The summed E-state index contributed by atoms with van der Waals surface area (Å²) in [7, 11) is 0. The van der Waals surface area contributed by atoms with E-state index in [1.165, 1.54) is 0 Å². The summed E-state index contributed by atoms with van der Waals surface area (Å²) in [6.45, 7) is 7.82. The van der Waals surface area contributed by atoms with Crippen molar-refractivity contribution in [2.24, 2.45) is 0 Å². The number of ether oxygens (including phenoxy) is 3. The van der Waals surface area contributed by atoms with Crippen molar-refractivity contribution in [1.82, 2.24) is 4.98 Å². The van der Waals surface area contributed by atoms with E-state index in [2.05, 4.69) is 4.98 Å². The first-order valence-corrected chi connectivity index (χ1v) is 13.4. The second-order valence-electron chi connectivity index (χ2n) is 10.6. The Balaban J connectivity index is 1.63. The molecule has 0 bridgehead atoms. The molecule has 0 amide bonds. The van der Waals surface area contributed by atoms with E-state index in [9.17, 15) is 9.59 Å². The molecule has 4 aromatic rings. The Labute approximate surface area is 236 Å². The first-order valence-electron chi connectivity index (χ1n) is 13.4. The number of esters is 1. The van der Waals surface area contributed by atoms with Gasteiger partial charge in [0.1, 0.15) is 29.8 Å². The molecule has 6 heteroatoms. The summed E-state index contributed by atoms with van der Waals surface area (Å²) >= 11 is 0. The smallest absolute Gasteiger partial charge is 0.306 e. The Kier molecular flexibility index (Phi) is 9.33. The summed E-state index contributed by atoms with van der Waals surface area (Å²) in [5, 5.41) is 0. The first-order chi connectivity index (χ1) is 19.2. The Morgan fingerprint density at radius 3 is 2.35 bits per heavy atom. The summed E-state index contributed by atoms with van der Waals surface area (Å²) in [6.07, 6.45) is 3.65. The van der Waals surface area contributed by atoms with Crippen molar-refractivity contribution in [2.75, 3.05) is 0 Å². The van der Waals surface area contributed by atoms with Crippen molar-refractivity contribution >= 4 is 11.8 Å². The zero-order valence-electron chi connectivity index (χ0n) is 23.4. The molecule has 0 N–H and O–H groups in total. The number of nitrogens with zero attached hydrogens (tertiary/aromatic N) is 1. The number of benzene rings is 3. The van der Waals surface area contributed by atoms with E-state index in [0.717, 1.165) is 16.7 Å². The minimum Gasteiger partial charge on any atom is -0.488 e. The molecule has 0 aliphatic heterocycles. The predicted molar refractivity (Wildman–Crippen MR) is 155 cm³/mol. The standard InChI is InChI=1S/C34H35NO5/c1-24-11-8-9-15-28(24)30(18-19-32(36)40-34(2,3)4)39-27-16-17-29(33(37)26-13-6-5-7-14-26)31(21-27)38-23-25-12-10-20-35-22-25/h5-17,20-22,30H,18-19,23H2,1-4H3. The van der Waals surface area contributed by atoms with E-state index in [-0.39, 0.29) is 24.8 Å². The van der Waals surface area contributed by atoms with Gasteiger partial charge in [-0.1, -0.05) is 60.7 Å². The van der Waals surface area contributed by atoms with Crippen molar-refractivity contribution in [2.45, 2.75) is 58.8 Å². The third kappa shape index (κ3) is 8.03. The van der Waals surface area contributed by atoms with E-state index >= 15 is 0 Å². The van der Waals surface area contributed by atoms with Crippen LogP contribution in [0.3, 0.4) is 0 Å². The van der Waals surface area contributed by atoms with E-state index in [4.69, 9.17) is 14.2 Å². The molecule has 0 saturated heterocycles. The number of carbonyl (C=O) groups excluding carboxylic acids is 2. The first kappa shape index (κ1) is 28.6. The highest BCUT2D eigenvalue weighted by Gasteiger charge is 2.22. The summed E-state index contributed by atoms with van der Waals surface area (Å²) < 4.78 is 18.2. The van der Waals surface area contributed by atoms with Crippen LogP contribution in [0.4, 0.5) is 0 Å². The molecule has 6 nitrogen and oxygen atoms in total. The lowest BCUT2D eigenvalue weighted by Crippen LogP contribution is -2.24. The fourth-order valence-electron chi connectivity index (χ4n) is 4.30. The van der Waals surface area contributed by atoms with Crippen LogP contribution in [0.5, 0.6) is 11.5 Å². The van der Waals surface area contributed by atoms with Gasteiger partial charge in [0.05, 0.1) is 5.56 Å². The SMILES string of the molecule is Cc1ccccc1C(CCC(=O)OC(C)(C)C)Oc1ccc(C(=O)c2ccccc2)c(OCc2cccnc2)c1. The highest BCUT2D eigenvalue weighted by atomic mass is 16.6. The third-order valence-corrected chi connectivity index (χ3v) is 6.20. The van der Waals surface area contributed by atoms with Crippen LogP contribution in [-0.4, -0.2) is 22.3 Å². The lowest BCUT2D eigenvalue weighted by molar-refractivity contribution is -0.155. The molecule has 0 aliphatic rings. The van der Waals surface area contributed by atoms with Crippen LogP contribution in [0, 0.1) is 6.92 Å². The number of hydrogen-bond acceptors (Lipinski definition) is 6. The van der Waals surface area contributed by atoms with Gasteiger partial charge in [-0.2, -0.15) is 0 Å². The van der Waals surface area contributed by atoms with Crippen LogP contribution in [0.2, 0.25) is 0 Å². The van der Waals surface area contributed by atoms with Crippen molar-refractivity contribution in [3.8, 4) is 11.5 Å². The molecule has 0 aliphatic carbocycles. The van der Waals surface area contributed by atoms with Gasteiger partial charge in [0.15, 0.2) is 5.78 Å². The highest BCUT2D eigenvalue weighted by Crippen LogP contribution is 2.33. The van der Waals surface area contributed by atoms with Gasteiger partial charge >= 0.3 is 5.97 Å². The molecule has 0 spiro atoms. The van der Waals surface area contributed by atoms with Gasteiger partial charge in [0, 0.05) is 36.0 Å². The predicted octanol–water partition coefficient (Wildman–Crippen LogP) is 7.44. The van der Waals surface area contributed by atoms with Crippen molar-refractivity contribution in [1.29, 1.82) is 0 Å². The monoisotopic (exact) mass is 537 g/mol. The van der Waals surface area contributed by atoms with Gasteiger partial charge in [0.25, 0.3) is 0 Å². The second-order valence-corrected chi connectivity index (χ2v) is 10.6. The molecule has 3 aromatic carbocycles. The van der Waals surface area contributed by atoms with Gasteiger partial charge in [-0.15, -0.1) is 0 Å². The van der Waals surface area contributed by atoms with Crippen LogP contribution >= 0.6 is 0 Å². The van der Waals surface area contributed by atoms with Gasteiger partial charge in [-0.05, 0) is 63.4 Å². The van der Waals surface area contributed by atoms with Crippen LogP contribution in [0.25, 0.3) is 0 Å². The Hall–Kier alpha value is -4.45. The maximum Gasteiger partial charge on any atom is 0.306 e. The molecular formula is C34H35NO5. The van der Waals surface area contributed by atoms with Crippen LogP contribution in [-0.2, 0) is 16.1 Å². The molecule has 1 heterocycles. The average molecular weight is 538 g/mol. The fourth-order valence-corrected chi connectivity index (χ4v) is 4.30. The van der Waals surface area contributed by atoms with Crippen molar-refractivity contribution in [3.63, 3.8) is 0 Å². The summed E-state index contributed by atoms with van der Waals surface area (Å²) in [5.74, 6) is 0.516. The van der Waals surface area contributed by atoms with Gasteiger partial charge in [0.2, 0.25) is 0 Å². The molecule has 40 heavy (non-hydrogen) atoms. The maximum atomic E-state index is 13.4. The molecule has 4 rings (SSSR count). The number of hydrogen-bond donors (Lipinski definition) is 0. The number of carbonyl (C=O) groups is 2. The second kappa shape index (κ2) is 13.1. The van der Waals surface area contributed by atoms with Gasteiger partial charge < -0.3 is 14.2 Å². The molecular weight excluding hydrogens is 502 g/mol. The van der Waals surface area contributed by atoms with E-state index in [1.807, 2.05) is 82.3 Å². The van der Waals surface area contributed by atoms with E-state index in [1.54, 1.807) is 42.7 Å². The van der Waals surface area contributed by atoms with Crippen molar-refractivity contribution < 1.29 is 23.8 Å². The largest absolute Gasteiger partial charge is 0.488 e. The molecule has 1 aromatic heterocycles. The van der Waals surface area contributed by atoms with E-state index in [0.29, 0.717) is 29.0 Å². The molecule has 0 saturated carbocycles. The lowest BCUT2D eigenvalue weighted by atomic mass is 9.99. The summed E-state index contributed by atoms with van der Waals surface area (Å²) in [4.78, 5) is 30.1. The fraction of sp³-hybridized carbons (Fsp3) is 0.265. The van der Waals surface area contributed by atoms with E-state index < -0.39 is 11.7 Å². The lowest BCUT2D eigenvalue weighted by Gasteiger charge is -2.24. The summed E-state index contributed by atoms with van der Waals surface area (Å²) in [6, 6.07) is 26.0. The maximum absolute atomic E-state index is 13.4.